The van der Waals surface area contributed by atoms with Gasteiger partial charge in [-0.25, -0.2) is 0 Å². The molecule has 208 valence electrons. The molecular formula is C28H28F6N4S. The summed E-state index contributed by atoms with van der Waals surface area (Å²) in [6.45, 7) is 5.68. The number of rotatable bonds is 7. The third-order valence-corrected chi connectivity index (χ3v) is 7.24. The fourth-order valence-electron chi connectivity index (χ4n) is 5.03. The number of hydrogen-bond acceptors (Lipinski definition) is 3. The van der Waals surface area contributed by atoms with Gasteiger partial charge < -0.3 is 16.0 Å². The summed E-state index contributed by atoms with van der Waals surface area (Å²) in [6.07, 6.45) is -3.89. The third kappa shape index (κ3) is 7.27. The molecule has 3 N–H and O–H groups in total. The van der Waals surface area contributed by atoms with Crippen LogP contribution in [0.2, 0.25) is 0 Å². The highest BCUT2D eigenvalue weighted by Gasteiger charge is 2.37. The van der Waals surface area contributed by atoms with Gasteiger partial charge in [0.05, 0.1) is 22.7 Å². The van der Waals surface area contributed by atoms with E-state index in [1.54, 1.807) is 6.20 Å². The number of hydrogen-bond donors (Lipinski definition) is 3. The number of thiocarbonyl (C=S) groups is 1. The van der Waals surface area contributed by atoms with E-state index in [0.717, 1.165) is 42.4 Å². The van der Waals surface area contributed by atoms with E-state index in [-0.39, 0.29) is 17.2 Å². The van der Waals surface area contributed by atoms with Gasteiger partial charge in [-0.15, -0.1) is 6.58 Å². The van der Waals surface area contributed by atoms with E-state index in [0.29, 0.717) is 30.4 Å². The largest absolute Gasteiger partial charge is 0.416 e. The molecule has 0 amide bonds. The summed E-state index contributed by atoms with van der Waals surface area (Å²) in [6, 6.07) is 10.3. The molecule has 0 spiro atoms. The number of piperidine rings is 1. The standard InChI is InChI=1S/C28H28F6N4S/c1-2-17-16-35-11-9-18(17)7-8-25(23-10-12-36-24-6-4-3-5-22(23)24)38-26(39)37-21-14-19(27(29,30)31)13-20(15-21)28(32,33)34/h2-6,10,12-15,17-18,25,35H,1,7-9,11,16H2,(H2,37,38,39)/t17?,18?,25-/m0/s1. The molecule has 1 aliphatic rings. The molecule has 1 aliphatic heterocycles. The van der Waals surface area contributed by atoms with E-state index in [2.05, 4.69) is 27.5 Å². The number of nitrogens with zero attached hydrogens (tertiary/aromatic N) is 1. The zero-order chi connectivity index (χ0) is 28.2. The molecule has 1 aromatic heterocycles. The van der Waals surface area contributed by atoms with Crippen molar-refractivity contribution in [3.8, 4) is 0 Å². The Kier molecular flexibility index (Phi) is 8.80. The molecule has 2 unspecified atom stereocenters. The maximum atomic E-state index is 13.3. The molecule has 4 nitrogen and oxygen atoms in total. The average Bonchev–Trinajstić information content (AvgIpc) is 2.89. The van der Waals surface area contributed by atoms with Crippen molar-refractivity contribution < 1.29 is 26.3 Å². The lowest BCUT2D eigenvalue weighted by atomic mass is 9.81. The van der Waals surface area contributed by atoms with Gasteiger partial charge in [-0.1, -0.05) is 24.3 Å². The topological polar surface area (TPSA) is 49.0 Å². The average molecular weight is 567 g/mol. The van der Waals surface area contributed by atoms with Gasteiger partial charge in [-0.05, 0) is 85.8 Å². The van der Waals surface area contributed by atoms with Gasteiger partial charge >= 0.3 is 12.4 Å². The summed E-state index contributed by atoms with van der Waals surface area (Å²) in [5.41, 5.74) is -1.59. The number of fused-ring (bicyclic) bond motifs is 1. The lowest BCUT2D eigenvalue weighted by molar-refractivity contribution is -0.143. The van der Waals surface area contributed by atoms with Gasteiger partial charge in [-0.2, -0.15) is 26.3 Å². The molecule has 0 radical (unpaired) electrons. The van der Waals surface area contributed by atoms with Crippen LogP contribution in [0.5, 0.6) is 0 Å². The van der Waals surface area contributed by atoms with Crippen LogP contribution in [0.4, 0.5) is 32.0 Å². The fourth-order valence-corrected chi connectivity index (χ4v) is 5.29. The summed E-state index contributed by atoms with van der Waals surface area (Å²) in [7, 11) is 0. The van der Waals surface area contributed by atoms with E-state index >= 15 is 0 Å². The van der Waals surface area contributed by atoms with Crippen LogP contribution in [0.15, 0.2) is 67.4 Å². The van der Waals surface area contributed by atoms with Gasteiger partial charge in [0.25, 0.3) is 0 Å². The number of alkyl halides is 6. The second kappa shape index (κ2) is 11.9. The first-order valence-corrected chi connectivity index (χ1v) is 12.9. The molecule has 0 saturated carbocycles. The first kappa shape index (κ1) is 28.8. The molecule has 11 heteroatoms. The number of pyridine rings is 1. The Labute approximate surface area is 227 Å². The second-order valence-corrected chi connectivity index (χ2v) is 10.0. The van der Waals surface area contributed by atoms with Crippen molar-refractivity contribution in [2.45, 2.75) is 37.7 Å². The van der Waals surface area contributed by atoms with Crippen molar-refractivity contribution in [1.82, 2.24) is 15.6 Å². The third-order valence-electron chi connectivity index (χ3n) is 7.02. The summed E-state index contributed by atoms with van der Waals surface area (Å²) < 4.78 is 80.0. The molecule has 4 rings (SSSR count). The summed E-state index contributed by atoms with van der Waals surface area (Å²) in [4.78, 5) is 4.40. The number of aromatic nitrogens is 1. The maximum Gasteiger partial charge on any atom is 0.416 e. The first-order valence-electron chi connectivity index (χ1n) is 12.5. The van der Waals surface area contributed by atoms with Crippen LogP contribution in [-0.4, -0.2) is 23.2 Å². The molecule has 3 aromatic rings. The van der Waals surface area contributed by atoms with Gasteiger partial charge in [0.2, 0.25) is 0 Å². The molecule has 0 aliphatic carbocycles. The van der Waals surface area contributed by atoms with Crippen LogP contribution in [0.1, 0.15) is 42.0 Å². The number of halogens is 6. The van der Waals surface area contributed by atoms with Crippen LogP contribution >= 0.6 is 12.2 Å². The van der Waals surface area contributed by atoms with E-state index < -0.39 is 29.2 Å². The normalized spacial score (nSPS) is 18.9. The van der Waals surface area contributed by atoms with Gasteiger partial charge in [0, 0.05) is 23.8 Å². The van der Waals surface area contributed by atoms with E-state index in [4.69, 9.17) is 12.2 Å². The lowest BCUT2D eigenvalue weighted by Crippen LogP contribution is -2.37. The Balaban J connectivity index is 1.61. The van der Waals surface area contributed by atoms with E-state index in [1.807, 2.05) is 36.4 Å². The van der Waals surface area contributed by atoms with Crippen molar-refractivity contribution in [1.29, 1.82) is 0 Å². The molecule has 39 heavy (non-hydrogen) atoms. The lowest BCUT2D eigenvalue weighted by Gasteiger charge is -2.32. The first-order chi connectivity index (χ1) is 18.5. The minimum Gasteiger partial charge on any atom is -0.356 e. The van der Waals surface area contributed by atoms with Crippen LogP contribution in [0.25, 0.3) is 10.9 Å². The van der Waals surface area contributed by atoms with E-state index in [9.17, 15) is 26.3 Å². The van der Waals surface area contributed by atoms with Gasteiger partial charge in [0.1, 0.15) is 0 Å². The monoisotopic (exact) mass is 566 g/mol. The highest BCUT2D eigenvalue weighted by atomic mass is 32.1. The molecule has 3 atom stereocenters. The fraction of sp³-hybridized carbons (Fsp3) is 0.357. The maximum absolute atomic E-state index is 13.3. The Morgan fingerprint density at radius 1 is 1.08 bits per heavy atom. The van der Waals surface area contributed by atoms with Crippen LogP contribution in [0, 0.1) is 11.8 Å². The number of anilines is 1. The minimum absolute atomic E-state index is 0.0843. The SMILES string of the molecule is C=CC1CNCCC1CC[C@H](NC(=S)Nc1cc(C(F)(F)F)cc(C(F)(F)F)c1)c1ccnc2ccccc12. The minimum atomic E-state index is -4.96. The number of para-hydroxylation sites is 1. The molecule has 2 aromatic carbocycles. The van der Waals surface area contributed by atoms with Crippen LogP contribution in [0.3, 0.4) is 0 Å². The quantitative estimate of drug-likeness (QED) is 0.157. The van der Waals surface area contributed by atoms with Gasteiger partial charge in [0.15, 0.2) is 5.11 Å². The number of benzene rings is 2. The van der Waals surface area contributed by atoms with Crippen LogP contribution < -0.4 is 16.0 Å². The molecule has 1 saturated heterocycles. The second-order valence-electron chi connectivity index (χ2n) is 9.59. The highest BCUT2D eigenvalue weighted by molar-refractivity contribution is 7.80. The highest BCUT2D eigenvalue weighted by Crippen LogP contribution is 2.38. The smallest absolute Gasteiger partial charge is 0.356 e. The zero-order valence-corrected chi connectivity index (χ0v) is 21.7. The Morgan fingerprint density at radius 3 is 2.44 bits per heavy atom. The van der Waals surface area contributed by atoms with Crippen LogP contribution in [-0.2, 0) is 12.4 Å². The van der Waals surface area contributed by atoms with Gasteiger partial charge in [-0.3, -0.25) is 4.98 Å². The van der Waals surface area contributed by atoms with Crippen molar-refractivity contribution in [3.63, 3.8) is 0 Å². The molecule has 1 fully saturated rings. The molecule has 0 bridgehead atoms. The Bertz CT molecular complexity index is 1290. The Morgan fingerprint density at radius 2 is 1.77 bits per heavy atom. The van der Waals surface area contributed by atoms with Crippen molar-refractivity contribution in [3.05, 3.63) is 84.1 Å². The molecule has 2 heterocycles. The van der Waals surface area contributed by atoms with Crippen molar-refractivity contribution in [2.24, 2.45) is 11.8 Å². The predicted molar refractivity (Wildman–Crippen MR) is 144 cm³/mol. The Hall–Kier alpha value is -3.18. The number of nitrogens with one attached hydrogen (secondary N) is 3. The summed E-state index contributed by atoms with van der Waals surface area (Å²) in [5, 5.41) is 9.86. The summed E-state index contributed by atoms with van der Waals surface area (Å²) >= 11 is 5.40. The summed E-state index contributed by atoms with van der Waals surface area (Å²) in [5.74, 6) is 0.671. The van der Waals surface area contributed by atoms with Crippen molar-refractivity contribution in [2.75, 3.05) is 18.4 Å². The molecular weight excluding hydrogens is 538 g/mol. The van der Waals surface area contributed by atoms with Crippen molar-refractivity contribution >= 4 is 33.9 Å². The predicted octanol–water partition coefficient (Wildman–Crippen LogP) is 7.49. The zero-order valence-electron chi connectivity index (χ0n) is 20.9. The van der Waals surface area contributed by atoms with E-state index in [1.165, 1.54) is 0 Å².